The SMILES string of the molecule is CCCOc1nc(Cl)nc(N(C)C(C)COC)n1. The number of hydrogen-bond donors (Lipinski definition) is 0. The molecule has 0 aliphatic heterocycles. The molecule has 1 aromatic heterocycles. The summed E-state index contributed by atoms with van der Waals surface area (Å²) in [4.78, 5) is 14.1. The van der Waals surface area contributed by atoms with Gasteiger partial charge in [-0.2, -0.15) is 15.0 Å². The molecule has 0 fully saturated rings. The van der Waals surface area contributed by atoms with E-state index < -0.39 is 0 Å². The van der Waals surface area contributed by atoms with Gasteiger partial charge in [-0.25, -0.2) is 0 Å². The van der Waals surface area contributed by atoms with Crippen molar-refractivity contribution in [3.8, 4) is 6.01 Å². The second-order valence-corrected chi connectivity index (χ2v) is 4.29. The first kappa shape index (κ1) is 14.9. The third kappa shape index (κ3) is 4.27. The van der Waals surface area contributed by atoms with Gasteiger partial charge in [-0.1, -0.05) is 6.92 Å². The van der Waals surface area contributed by atoms with Gasteiger partial charge in [-0.05, 0) is 24.9 Å². The van der Waals surface area contributed by atoms with Crippen LogP contribution in [-0.4, -0.2) is 48.4 Å². The molecule has 0 aliphatic carbocycles. The first-order chi connectivity index (χ1) is 8.58. The first-order valence-corrected chi connectivity index (χ1v) is 6.22. The van der Waals surface area contributed by atoms with Gasteiger partial charge in [-0.15, -0.1) is 0 Å². The maximum absolute atomic E-state index is 5.85. The Hall–Kier alpha value is -1.14. The van der Waals surface area contributed by atoms with Crippen molar-refractivity contribution < 1.29 is 9.47 Å². The second-order valence-electron chi connectivity index (χ2n) is 3.95. The summed E-state index contributed by atoms with van der Waals surface area (Å²) < 4.78 is 10.5. The Bertz CT molecular complexity index is 378. The van der Waals surface area contributed by atoms with Gasteiger partial charge in [0.15, 0.2) is 0 Å². The summed E-state index contributed by atoms with van der Waals surface area (Å²) in [7, 11) is 3.53. The Labute approximate surface area is 112 Å². The molecule has 0 bridgehead atoms. The van der Waals surface area contributed by atoms with Crippen molar-refractivity contribution in [1.82, 2.24) is 15.0 Å². The summed E-state index contributed by atoms with van der Waals surface area (Å²) in [6.07, 6.45) is 0.883. The summed E-state index contributed by atoms with van der Waals surface area (Å²) in [5.41, 5.74) is 0. The molecule has 7 heteroatoms. The maximum atomic E-state index is 5.85. The molecule has 1 heterocycles. The van der Waals surface area contributed by atoms with Gasteiger partial charge in [0, 0.05) is 14.2 Å². The molecule has 18 heavy (non-hydrogen) atoms. The number of aromatic nitrogens is 3. The molecule has 1 unspecified atom stereocenters. The topological polar surface area (TPSA) is 60.4 Å². The van der Waals surface area contributed by atoms with E-state index in [9.17, 15) is 0 Å². The quantitative estimate of drug-likeness (QED) is 0.755. The fraction of sp³-hybridized carbons (Fsp3) is 0.727. The van der Waals surface area contributed by atoms with Crippen LogP contribution in [-0.2, 0) is 4.74 Å². The Morgan fingerprint density at radius 2 is 2.06 bits per heavy atom. The highest BCUT2D eigenvalue weighted by Gasteiger charge is 2.15. The van der Waals surface area contributed by atoms with E-state index in [0.29, 0.717) is 19.2 Å². The van der Waals surface area contributed by atoms with Crippen LogP contribution in [0.15, 0.2) is 0 Å². The highest BCUT2D eigenvalue weighted by molar-refractivity contribution is 6.28. The van der Waals surface area contributed by atoms with Gasteiger partial charge in [-0.3, -0.25) is 0 Å². The predicted octanol–water partition coefficient (Wildman–Crippen LogP) is 1.78. The highest BCUT2D eigenvalue weighted by Crippen LogP contribution is 2.16. The number of nitrogens with zero attached hydrogens (tertiary/aromatic N) is 4. The second kappa shape index (κ2) is 7.33. The molecule has 0 aromatic carbocycles. The van der Waals surface area contributed by atoms with E-state index in [4.69, 9.17) is 21.1 Å². The standard InChI is InChI=1S/C11H19ClN4O2/c1-5-6-18-11-14-9(12)13-10(15-11)16(3)8(2)7-17-4/h8H,5-7H2,1-4H3. The molecule has 0 radical (unpaired) electrons. The van der Waals surface area contributed by atoms with Crippen LogP contribution in [0.2, 0.25) is 5.28 Å². The van der Waals surface area contributed by atoms with E-state index in [1.165, 1.54) is 0 Å². The molecule has 0 aliphatic rings. The number of ether oxygens (including phenoxy) is 2. The minimum absolute atomic E-state index is 0.127. The average Bonchev–Trinajstić information content (AvgIpc) is 2.35. The summed E-state index contributed by atoms with van der Waals surface area (Å²) in [5, 5.41) is 0.127. The van der Waals surface area contributed by atoms with Gasteiger partial charge < -0.3 is 14.4 Å². The van der Waals surface area contributed by atoms with Crippen molar-refractivity contribution in [2.75, 3.05) is 32.3 Å². The molecule has 0 saturated carbocycles. The molecule has 102 valence electrons. The van der Waals surface area contributed by atoms with Crippen molar-refractivity contribution in [3.05, 3.63) is 5.28 Å². The Kier molecular flexibility index (Phi) is 6.07. The molecule has 1 aromatic rings. The lowest BCUT2D eigenvalue weighted by Gasteiger charge is -2.24. The minimum Gasteiger partial charge on any atom is -0.463 e. The normalized spacial score (nSPS) is 12.3. The molecular weight excluding hydrogens is 256 g/mol. The van der Waals surface area contributed by atoms with Crippen molar-refractivity contribution in [2.45, 2.75) is 26.3 Å². The zero-order chi connectivity index (χ0) is 13.5. The lowest BCUT2D eigenvalue weighted by molar-refractivity contribution is 0.182. The summed E-state index contributed by atoms with van der Waals surface area (Å²) in [6, 6.07) is 0.385. The van der Waals surface area contributed by atoms with Crippen LogP contribution in [0.3, 0.4) is 0 Å². The number of halogens is 1. The van der Waals surface area contributed by atoms with Gasteiger partial charge in [0.05, 0.1) is 19.3 Å². The largest absolute Gasteiger partial charge is 0.463 e. The van der Waals surface area contributed by atoms with Gasteiger partial charge in [0.1, 0.15) is 0 Å². The van der Waals surface area contributed by atoms with Crippen molar-refractivity contribution in [3.63, 3.8) is 0 Å². The maximum Gasteiger partial charge on any atom is 0.322 e. The number of likely N-dealkylation sites (N-methyl/N-ethyl adjacent to an activating group) is 1. The van der Waals surface area contributed by atoms with Crippen LogP contribution in [0.5, 0.6) is 6.01 Å². The smallest absolute Gasteiger partial charge is 0.322 e. The third-order valence-electron chi connectivity index (χ3n) is 2.40. The summed E-state index contributed by atoms with van der Waals surface area (Å²) >= 11 is 5.85. The van der Waals surface area contributed by atoms with Crippen LogP contribution in [0.1, 0.15) is 20.3 Å². The van der Waals surface area contributed by atoms with E-state index in [-0.39, 0.29) is 17.3 Å². The molecule has 1 rings (SSSR count). The van der Waals surface area contributed by atoms with E-state index in [1.807, 2.05) is 25.8 Å². The zero-order valence-electron chi connectivity index (χ0n) is 11.2. The molecule has 0 spiro atoms. The molecular formula is C11H19ClN4O2. The Morgan fingerprint density at radius 3 is 2.67 bits per heavy atom. The third-order valence-corrected chi connectivity index (χ3v) is 2.56. The Balaban J connectivity index is 2.84. The predicted molar refractivity (Wildman–Crippen MR) is 70.4 cm³/mol. The molecule has 6 nitrogen and oxygen atoms in total. The minimum atomic E-state index is 0.127. The van der Waals surface area contributed by atoms with Gasteiger partial charge in [0.2, 0.25) is 11.2 Å². The monoisotopic (exact) mass is 274 g/mol. The summed E-state index contributed by atoms with van der Waals surface area (Å²) in [5.74, 6) is 0.477. The number of methoxy groups -OCH3 is 1. The first-order valence-electron chi connectivity index (χ1n) is 5.84. The number of hydrogen-bond acceptors (Lipinski definition) is 6. The average molecular weight is 275 g/mol. The van der Waals surface area contributed by atoms with Gasteiger partial charge in [0.25, 0.3) is 0 Å². The van der Waals surface area contributed by atoms with Gasteiger partial charge >= 0.3 is 6.01 Å². The Morgan fingerprint density at radius 1 is 1.33 bits per heavy atom. The van der Waals surface area contributed by atoms with Crippen LogP contribution in [0.25, 0.3) is 0 Å². The zero-order valence-corrected chi connectivity index (χ0v) is 11.9. The van der Waals surface area contributed by atoms with Crippen LogP contribution in [0, 0.1) is 0 Å². The van der Waals surface area contributed by atoms with E-state index in [0.717, 1.165) is 6.42 Å². The molecule has 1 atom stereocenters. The van der Waals surface area contributed by atoms with Crippen LogP contribution >= 0.6 is 11.6 Å². The van der Waals surface area contributed by atoms with Crippen molar-refractivity contribution >= 4 is 17.5 Å². The lowest BCUT2D eigenvalue weighted by Crippen LogP contribution is -2.34. The molecule has 0 N–H and O–H groups in total. The molecule has 0 amide bonds. The number of rotatable bonds is 7. The lowest BCUT2D eigenvalue weighted by atomic mass is 10.3. The fourth-order valence-corrected chi connectivity index (χ4v) is 1.44. The van der Waals surface area contributed by atoms with E-state index >= 15 is 0 Å². The van der Waals surface area contributed by atoms with Crippen molar-refractivity contribution in [1.29, 1.82) is 0 Å². The summed E-state index contributed by atoms with van der Waals surface area (Å²) in [6.45, 7) is 5.15. The molecule has 0 saturated heterocycles. The highest BCUT2D eigenvalue weighted by atomic mass is 35.5. The van der Waals surface area contributed by atoms with Crippen molar-refractivity contribution in [2.24, 2.45) is 0 Å². The number of anilines is 1. The van der Waals surface area contributed by atoms with E-state index in [2.05, 4.69) is 15.0 Å². The van der Waals surface area contributed by atoms with Crippen LogP contribution < -0.4 is 9.64 Å². The van der Waals surface area contributed by atoms with Crippen LogP contribution in [0.4, 0.5) is 5.95 Å². The fourth-order valence-electron chi connectivity index (χ4n) is 1.29. The van der Waals surface area contributed by atoms with E-state index in [1.54, 1.807) is 7.11 Å².